The molecule has 0 amide bonds. The summed E-state index contributed by atoms with van der Waals surface area (Å²) in [5.74, 6) is -0.183. The Bertz CT molecular complexity index is 585. The Morgan fingerprint density at radius 3 is 2.68 bits per heavy atom. The lowest BCUT2D eigenvalue weighted by molar-refractivity contribution is 0.103. The number of methoxy groups -OCH3 is 1. The standard InChI is InChI=1S/C14H11F2NO2/c1-19-12-7-9(14(15)16)4-5-11(12)13(18)10-3-2-6-17-8-10/h2-8,14H,1H3. The first-order chi connectivity index (χ1) is 9.13. The van der Waals surface area contributed by atoms with Crippen molar-refractivity contribution in [2.45, 2.75) is 6.43 Å². The zero-order valence-corrected chi connectivity index (χ0v) is 10.1. The van der Waals surface area contributed by atoms with Gasteiger partial charge in [0.05, 0.1) is 12.7 Å². The second-order valence-electron chi connectivity index (χ2n) is 3.83. The van der Waals surface area contributed by atoms with Crippen LogP contribution in [0.15, 0.2) is 42.7 Å². The van der Waals surface area contributed by atoms with Gasteiger partial charge in [-0.15, -0.1) is 0 Å². The Morgan fingerprint density at radius 2 is 2.11 bits per heavy atom. The molecule has 0 aliphatic heterocycles. The van der Waals surface area contributed by atoms with Crippen LogP contribution >= 0.6 is 0 Å². The molecule has 0 aliphatic rings. The number of carbonyl (C=O) groups excluding carboxylic acids is 1. The Balaban J connectivity index is 2.42. The smallest absolute Gasteiger partial charge is 0.263 e. The van der Waals surface area contributed by atoms with Gasteiger partial charge < -0.3 is 4.74 Å². The number of benzene rings is 1. The zero-order valence-electron chi connectivity index (χ0n) is 10.1. The first-order valence-corrected chi connectivity index (χ1v) is 5.54. The normalized spacial score (nSPS) is 10.5. The van der Waals surface area contributed by atoms with Crippen molar-refractivity contribution in [2.24, 2.45) is 0 Å². The van der Waals surface area contributed by atoms with Gasteiger partial charge in [0, 0.05) is 23.5 Å². The molecular formula is C14H11F2NO2. The molecule has 0 bridgehead atoms. The molecule has 19 heavy (non-hydrogen) atoms. The lowest BCUT2D eigenvalue weighted by atomic mass is 10.0. The third kappa shape index (κ3) is 2.76. The van der Waals surface area contributed by atoms with E-state index in [0.29, 0.717) is 5.56 Å². The molecule has 0 saturated heterocycles. The van der Waals surface area contributed by atoms with E-state index in [9.17, 15) is 13.6 Å². The van der Waals surface area contributed by atoms with Crippen molar-refractivity contribution in [3.63, 3.8) is 0 Å². The minimum atomic E-state index is -2.60. The van der Waals surface area contributed by atoms with E-state index in [2.05, 4.69) is 4.98 Å². The summed E-state index contributed by atoms with van der Waals surface area (Å²) >= 11 is 0. The quantitative estimate of drug-likeness (QED) is 0.795. The minimum absolute atomic E-state index is 0.131. The van der Waals surface area contributed by atoms with E-state index >= 15 is 0 Å². The molecule has 1 aromatic heterocycles. The largest absolute Gasteiger partial charge is 0.496 e. The summed E-state index contributed by atoms with van der Waals surface area (Å²) in [6.45, 7) is 0. The van der Waals surface area contributed by atoms with Gasteiger partial charge in [-0.3, -0.25) is 9.78 Å². The van der Waals surface area contributed by atoms with Crippen LogP contribution < -0.4 is 4.74 Å². The van der Waals surface area contributed by atoms with E-state index in [4.69, 9.17) is 4.74 Å². The molecule has 1 heterocycles. The van der Waals surface area contributed by atoms with Crippen molar-refractivity contribution < 1.29 is 18.3 Å². The van der Waals surface area contributed by atoms with Crippen molar-refractivity contribution >= 4 is 5.78 Å². The number of rotatable bonds is 4. The van der Waals surface area contributed by atoms with Gasteiger partial charge in [-0.1, -0.05) is 6.07 Å². The van der Waals surface area contributed by atoms with Gasteiger partial charge in [-0.25, -0.2) is 8.78 Å². The summed E-state index contributed by atoms with van der Waals surface area (Å²) in [5, 5.41) is 0. The van der Waals surface area contributed by atoms with Gasteiger partial charge in [-0.05, 0) is 24.3 Å². The van der Waals surface area contributed by atoms with Crippen molar-refractivity contribution in [1.29, 1.82) is 0 Å². The van der Waals surface area contributed by atoms with Crippen molar-refractivity contribution in [3.05, 3.63) is 59.4 Å². The average Bonchev–Trinajstić information content (AvgIpc) is 2.46. The summed E-state index contributed by atoms with van der Waals surface area (Å²) in [5.41, 5.74) is 0.435. The highest BCUT2D eigenvalue weighted by Crippen LogP contribution is 2.28. The number of ether oxygens (including phenoxy) is 1. The van der Waals surface area contributed by atoms with Crippen LogP contribution in [0.25, 0.3) is 0 Å². The van der Waals surface area contributed by atoms with E-state index in [1.165, 1.54) is 31.5 Å². The number of carbonyl (C=O) groups is 1. The van der Waals surface area contributed by atoms with E-state index < -0.39 is 6.43 Å². The predicted molar refractivity (Wildman–Crippen MR) is 65.6 cm³/mol. The maximum atomic E-state index is 12.6. The highest BCUT2D eigenvalue weighted by atomic mass is 19.3. The number of hydrogen-bond donors (Lipinski definition) is 0. The van der Waals surface area contributed by atoms with Gasteiger partial charge in [0.1, 0.15) is 5.75 Å². The lowest BCUT2D eigenvalue weighted by Crippen LogP contribution is -2.05. The molecule has 2 aromatic rings. The predicted octanol–water partition coefficient (Wildman–Crippen LogP) is 3.26. The summed E-state index contributed by atoms with van der Waals surface area (Å²) in [7, 11) is 1.34. The molecular weight excluding hydrogens is 252 g/mol. The topological polar surface area (TPSA) is 39.2 Å². The molecule has 0 N–H and O–H groups in total. The van der Waals surface area contributed by atoms with Crippen LogP contribution in [0, 0.1) is 0 Å². The number of alkyl halides is 2. The van der Waals surface area contributed by atoms with Crippen LogP contribution in [0.3, 0.4) is 0 Å². The summed E-state index contributed by atoms with van der Waals surface area (Å²) in [6.07, 6.45) is 0.368. The monoisotopic (exact) mass is 263 g/mol. The molecule has 0 aliphatic carbocycles. The van der Waals surface area contributed by atoms with Crippen molar-refractivity contribution in [2.75, 3.05) is 7.11 Å². The summed E-state index contributed by atoms with van der Waals surface area (Å²) in [4.78, 5) is 16.1. The summed E-state index contributed by atoms with van der Waals surface area (Å²) < 4.78 is 30.2. The van der Waals surface area contributed by atoms with E-state index in [-0.39, 0.29) is 22.7 Å². The highest BCUT2D eigenvalue weighted by Gasteiger charge is 2.17. The van der Waals surface area contributed by atoms with Gasteiger partial charge >= 0.3 is 0 Å². The molecule has 3 nitrogen and oxygen atoms in total. The molecule has 0 fully saturated rings. The van der Waals surface area contributed by atoms with E-state index in [1.54, 1.807) is 18.3 Å². The fourth-order valence-corrected chi connectivity index (χ4v) is 1.68. The molecule has 0 unspecified atom stereocenters. The molecule has 0 saturated carbocycles. The van der Waals surface area contributed by atoms with Gasteiger partial charge in [0.2, 0.25) is 0 Å². The fourth-order valence-electron chi connectivity index (χ4n) is 1.68. The van der Waals surface area contributed by atoms with Crippen LogP contribution in [0.1, 0.15) is 27.9 Å². The first-order valence-electron chi connectivity index (χ1n) is 5.54. The van der Waals surface area contributed by atoms with Gasteiger partial charge in [0.15, 0.2) is 5.78 Å². The summed E-state index contributed by atoms with van der Waals surface area (Å²) in [6, 6.07) is 6.98. The Morgan fingerprint density at radius 1 is 1.32 bits per heavy atom. The lowest BCUT2D eigenvalue weighted by Gasteiger charge is -2.09. The molecule has 98 valence electrons. The maximum Gasteiger partial charge on any atom is 0.263 e. The first kappa shape index (κ1) is 13.1. The molecule has 0 spiro atoms. The third-order valence-corrected chi connectivity index (χ3v) is 2.65. The van der Waals surface area contributed by atoms with Crippen molar-refractivity contribution in [3.8, 4) is 5.75 Å². The molecule has 5 heteroatoms. The Kier molecular flexibility index (Phi) is 3.85. The van der Waals surface area contributed by atoms with Crippen LogP contribution in [0.4, 0.5) is 8.78 Å². The maximum absolute atomic E-state index is 12.6. The number of hydrogen-bond acceptors (Lipinski definition) is 3. The molecule has 1 aromatic carbocycles. The SMILES string of the molecule is COc1cc(C(F)F)ccc1C(=O)c1cccnc1. The molecule has 0 atom stereocenters. The van der Waals surface area contributed by atoms with E-state index in [1.807, 2.05) is 0 Å². The van der Waals surface area contributed by atoms with Crippen LogP contribution in [0.5, 0.6) is 5.75 Å². The number of nitrogens with zero attached hydrogens (tertiary/aromatic N) is 1. The van der Waals surface area contributed by atoms with Crippen LogP contribution in [-0.4, -0.2) is 17.9 Å². The molecule has 0 radical (unpaired) electrons. The second-order valence-corrected chi connectivity index (χ2v) is 3.83. The van der Waals surface area contributed by atoms with Gasteiger partial charge in [-0.2, -0.15) is 0 Å². The highest BCUT2D eigenvalue weighted by molar-refractivity contribution is 6.10. The Labute approximate surface area is 108 Å². The number of pyridine rings is 1. The second kappa shape index (κ2) is 5.56. The number of aromatic nitrogens is 1. The van der Waals surface area contributed by atoms with Crippen LogP contribution in [-0.2, 0) is 0 Å². The van der Waals surface area contributed by atoms with Gasteiger partial charge in [0.25, 0.3) is 6.43 Å². The Hall–Kier alpha value is -2.30. The fraction of sp³-hybridized carbons (Fsp3) is 0.143. The number of halogens is 2. The van der Waals surface area contributed by atoms with Crippen LogP contribution in [0.2, 0.25) is 0 Å². The average molecular weight is 263 g/mol. The number of ketones is 1. The third-order valence-electron chi connectivity index (χ3n) is 2.65. The van der Waals surface area contributed by atoms with Crippen molar-refractivity contribution in [1.82, 2.24) is 4.98 Å². The van der Waals surface area contributed by atoms with E-state index in [0.717, 1.165) is 0 Å². The minimum Gasteiger partial charge on any atom is -0.496 e. The zero-order chi connectivity index (χ0) is 13.8. The molecule has 2 rings (SSSR count).